The maximum Gasteiger partial charge on any atom is 0.297 e. The van der Waals surface area contributed by atoms with Crippen molar-refractivity contribution in [1.82, 2.24) is 14.8 Å². The van der Waals surface area contributed by atoms with Crippen LogP contribution in [0.2, 0.25) is 0 Å². The van der Waals surface area contributed by atoms with Crippen LogP contribution in [0.15, 0.2) is 35.5 Å². The average Bonchev–Trinajstić information content (AvgIpc) is 2.94. The van der Waals surface area contributed by atoms with Crippen molar-refractivity contribution in [2.45, 2.75) is 30.5 Å². The second kappa shape index (κ2) is 5.75. The molecule has 2 heterocycles. The van der Waals surface area contributed by atoms with E-state index in [4.69, 9.17) is 15.4 Å². The minimum absolute atomic E-state index is 0.265. The van der Waals surface area contributed by atoms with Crippen LogP contribution in [0.4, 0.5) is 0 Å². The van der Waals surface area contributed by atoms with Crippen molar-refractivity contribution in [3.8, 4) is 5.69 Å². The standard InChI is InChI=1S/C13H14ClN3O3S/c14-21(18,19)13-16-15-12(11-8-4-5-9-20-11)17(13)10-6-2-1-3-7-10/h1-3,6-7,11H,4-5,8-9H2. The highest BCUT2D eigenvalue weighted by Gasteiger charge is 2.29. The van der Waals surface area contributed by atoms with E-state index in [1.807, 2.05) is 18.2 Å². The Bertz CT molecular complexity index is 724. The van der Waals surface area contributed by atoms with Crippen molar-refractivity contribution in [3.63, 3.8) is 0 Å². The van der Waals surface area contributed by atoms with Gasteiger partial charge in [0, 0.05) is 23.0 Å². The first-order valence-electron chi connectivity index (χ1n) is 6.64. The number of rotatable bonds is 3. The lowest BCUT2D eigenvalue weighted by atomic mass is 10.1. The molecule has 0 amide bonds. The van der Waals surface area contributed by atoms with Gasteiger partial charge in [0.2, 0.25) is 0 Å². The van der Waals surface area contributed by atoms with Gasteiger partial charge in [0.1, 0.15) is 6.10 Å². The number of aromatic nitrogens is 3. The van der Waals surface area contributed by atoms with E-state index in [1.165, 1.54) is 4.57 Å². The van der Waals surface area contributed by atoms with E-state index in [-0.39, 0.29) is 11.3 Å². The SMILES string of the molecule is O=S(=O)(Cl)c1nnc(C2CCCCO2)n1-c1ccccc1. The summed E-state index contributed by atoms with van der Waals surface area (Å²) in [5.74, 6) is 0.472. The number of hydrogen-bond acceptors (Lipinski definition) is 5. The first-order valence-corrected chi connectivity index (χ1v) is 8.95. The Balaban J connectivity index is 2.15. The molecule has 6 nitrogen and oxygen atoms in total. The minimum atomic E-state index is -3.99. The maximum absolute atomic E-state index is 11.7. The number of para-hydroxylation sites is 1. The molecule has 21 heavy (non-hydrogen) atoms. The van der Waals surface area contributed by atoms with Gasteiger partial charge in [-0.05, 0) is 31.4 Å². The van der Waals surface area contributed by atoms with E-state index >= 15 is 0 Å². The van der Waals surface area contributed by atoms with Gasteiger partial charge < -0.3 is 4.74 Å². The Morgan fingerprint density at radius 3 is 2.57 bits per heavy atom. The fourth-order valence-corrected chi connectivity index (χ4v) is 3.27. The first kappa shape index (κ1) is 14.5. The lowest BCUT2D eigenvalue weighted by Gasteiger charge is -2.22. The third kappa shape index (κ3) is 2.95. The molecule has 1 saturated heterocycles. The van der Waals surface area contributed by atoms with Gasteiger partial charge in [0.15, 0.2) is 5.82 Å². The lowest BCUT2D eigenvalue weighted by molar-refractivity contribution is 0.00818. The predicted octanol–water partition coefficient (Wildman–Crippen LogP) is 2.44. The van der Waals surface area contributed by atoms with Crippen molar-refractivity contribution >= 4 is 19.7 Å². The van der Waals surface area contributed by atoms with E-state index in [9.17, 15) is 8.42 Å². The fraction of sp³-hybridized carbons (Fsp3) is 0.385. The monoisotopic (exact) mass is 327 g/mol. The van der Waals surface area contributed by atoms with Crippen molar-refractivity contribution in [2.75, 3.05) is 6.61 Å². The van der Waals surface area contributed by atoms with Gasteiger partial charge in [-0.25, -0.2) is 8.42 Å². The lowest BCUT2D eigenvalue weighted by Crippen LogP contribution is -2.17. The van der Waals surface area contributed by atoms with Gasteiger partial charge in [-0.3, -0.25) is 4.57 Å². The first-order chi connectivity index (χ1) is 10.1. The Labute approximate surface area is 127 Å². The van der Waals surface area contributed by atoms with Crippen molar-refractivity contribution in [1.29, 1.82) is 0 Å². The molecule has 112 valence electrons. The second-order valence-corrected chi connectivity index (χ2v) is 7.26. The van der Waals surface area contributed by atoms with E-state index in [1.54, 1.807) is 12.1 Å². The Morgan fingerprint density at radius 1 is 1.19 bits per heavy atom. The summed E-state index contributed by atoms with van der Waals surface area (Å²) in [6, 6.07) is 9.03. The summed E-state index contributed by atoms with van der Waals surface area (Å²) in [6.07, 6.45) is 2.53. The molecule has 0 radical (unpaired) electrons. The molecule has 1 aliphatic rings. The van der Waals surface area contributed by atoms with Crippen LogP contribution in [0.3, 0.4) is 0 Å². The van der Waals surface area contributed by atoms with E-state index in [2.05, 4.69) is 10.2 Å². The van der Waals surface area contributed by atoms with Crippen molar-refractivity contribution < 1.29 is 13.2 Å². The summed E-state index contributed by atoms with van der Waals surface area (Å²) in [5.41, 5.74) is 0.644. The number of nitrogens with zero attached hydrogens (tertiary/aromatic N) is 3. The molecular weight excluding hydrogens is 314 g/mol. The molecular formula is C13H14ClN3O3S. The molecule has 1 aromatic heterocycles. The molecule has 8 heteroatoms. The fourth-order valence-electron chi connectivity index (χ4n) is 2.41. The highest BCUT2D eigenvalue weighted by molar-refractivity contribution is 8.13. The van der Waals surface area contributed by atoms with E-state index in [0.717, 1.165) is 19.3 Å². The van der Waals surface area contributed by atoms with Gasteiger partial charge in [0.05, 0.1) is 0 Å². The number of benzene rings is 1. The van der Waals surface area contributed by atoms with Gasteiger partial charge in [-0.1, -0.05) is 18.2 Å². The summed E-state index contributed by atoms with van der Waals surface area (Å²) in [6.45, 7) is 0.634. The summed E-state index contributed by atoms with van der Waals surface area (Å²) in [5, 5.41) is 7.48. The number of hydrogen-bond donors (Lipinski definition) is 0. The molecule has 2 aromatic rings. The number of ether oxygens (including phenoxy) is 1. The van der Waals surface area contributed by atoms with Crippen LogP contribution in [-0.2, 0) is 13.8 Å². The molecule has 0 saturated carbocycles. The summed E-state index contributed by atoms with van der Waals surface area (Å²) < 4.78 is 30.6. The Kier molecular flexibility index (Phi) is 3.97. The summed E-state index contributed by atoms with van der Waals surface area (Å²) in [4.78, 5) is 0. The average molecular weight is 328 g/mol. The van der Waals surface area contributed by atoms with Crippen molar-refractivity contribution in [2.24, 2.45) is 0 Å². The van der Waals surface area contributed by atoms with Crippen LogP contribution >= 0.6 is 10.7 Å². The van der Waals surface area contributed by atoms with Crippen LogP contribution in [0.25, 0.3) is 5.69 Å². The zero-order valence-corrected chi connectivity index (χ0v) is 12.7. The largest absolute Gasteiger partial charge is 0.370 e. The third-order valence-corrected chi connectivity index (χ3v) is 4.47. The zero-order valence-electron chi connectivity index (χ0n) is 11.1. The smallest absolute Gasteiger partial charge is 0.297 e. The Morgan fingerprint density at radius 2 is 1.95 bits per heavy atom. The molecule has 1 aromatic carbocycles. The van der Waals surface area contributed by atoms with Gasteiger partial charge in [-0.2, -0.15) is 0 Å². The topological polar surface area (TPSA) is 74.1 Å². The third-order valence-electron chi connectivity index (χ3n) is 3.36. The quantitative estimate of drug-likeness (QED) is 0.809. The zero-order chi connectivity index (χ0) is 14.9. The molecule has 0 bridgehead atoms. The van der Waals surface area contributed by atoms with Crippen LogP contribution in [0.1, 0.15) is 31.2 Å². The molecule has 0 aliphatic carbocycles. The van der Waals surface area contributed by atoms with Crippen molar-refractivity contribution in [3.05, 3.63) is 36.2 Å². The molecule has 1 atom stereocenters. The maximum atomic E-state index is 11.7. The van der Waals surface area contributed by atoms with E-state index in [0.29, 0.717) is 18.1 Å². The molecule has 3 rings (SSSR count). The molecule has 0 spiro atoms. The number of halogens is 1. The molecule has 0 N–H and O–H groups in total. The van der Waals surface area contributed by atoms with Gasteiger partial charge >= 0.3 is 0 Å². The van der Waals surface area contributed by atoms with Crippen LogP contribution in [0, 0.1) is 0 Å². The van der Waals surface area contributed by atoms with Crippen LogP contribution in [0.5, 0.6) is 0 Å². The minimum Gasteiger partial charge on any atom is -0.370 e. The van der Waals surface area contributed by atoms with Crippen LogP contribution in [-0.4, -0.2) is 29.8 Å². The van der Waals surface area contributed by atoms with Gasteiger partial charge in [-0.15, -0.1) is 10.2 Å². The Hall–Kier alpha value is -1.44. The molecule has 1 fully saturated rings. The normalized spacial score (nSPS) is 19.6. The summed E-state index contributed by atoms with van der Waals surface area (Å²) in [7, 11) is 1.48. The highest BCUT2D eigenvalue weighted by Crippen LogP contribution is 2.30. The second-order valence-electron chi connectivity index (χ2n) is 4.80. The predicted molar refractivity (Wildman–Crippen MR) is 76.9 cm³/mol. The molecule has 1 aliphatic heterocycles. The molecule has 1 unspecified atom stereocenters. The van der Waals surface area contributed by atoms with E-state index < -0.39 is 9.05 Å². The highest BCUT2D eigenvalue weighted by atomic mass is 35.7. The summed E-state index contributed by atoms with van der Waals surface area (Å²) >= 11 is 0. The van der Waals surface area contributed by atoms with Gasteiger partial charge in [0.25, 0.3) is 14.2 Å². The van der Waals surface area contributed by atoms with Crippen LogP contribution < -0.4 is 0 Å².